The van der Waals surface area contributed by atoms with Crippen LogP contribution in [-0.2, 0) is 9.47 Å². The highest BCUT2D eigenvalue weighted by Crippen LogP contribution is 2.20. The molecule has 1 amide bonds. The molecule has 0 saturated carbocycles. The summed E-state index contributed by atoms with van der Waals surface area (Å²) < 4.78 is 46.4. The second kappa shape index (κ2) is 10.7. The molecule has 0 aliphatic rings. The van der Waals surface area contributed by atoms with E-state index in [0.717, 1.165) is 0 Å². The van der Waals surface area contributed by atoms with Crippen LogP contribution in [0.5, 0.6) is 0 Å². The second-order valence-electron chi connectivity index (χ2n) is 6.40. The van der Waals surface area contributed by atoms with Crippen LogP contribution >= 0.6 is 0 Å². The summed E-state index contributed by atoms with van der Waals surface area (Å²) in [4.78, 5) is 11.5. The van der Waals surface area contributed by atoms with Gasteiger partial charge in [-0.2, -0.15) is 13.2 Å². The standard InChI is InChI=1S/C15H29F3N2O3/c1-14(2,3)23-13(21)20-9-5-7-12(11-22-4)19-10-6-8-15(16,17)18/h12,19H,5-11H2,1-4H3,(H,20,21). The lowest BCUT2D eigenvalue weighted by Gasteiger charge is -2.20. The third-order valence-electron chi connectivity index (χ3n) is 2.84. The fourth-order valence-corrected chi connectivity index (χ4v) is 1.89. The Hall–Kier alpha value is -1.02. The summed E-state index contributed by atoms with van der Waals surface area (Å²) in [5.74, 6) is 0. The Morgan fingerprint density at radius 3 is 2.30 bits per heavy atom. The number of alkyl carbamates (subject to hydrolysis) is 1. The molecule has 0 aliphatic heterocycles. The monoisotopic (exact) mass is 342 g/mol. The highest BCUT2D eigenvalue weighted by molar-refractivity contribution is 5.67. The topological polar surface area (TPSA) is 59.6 Å². The molecule has 2 N–H and O–H groups in total. The Morgan fingerprint density at radius 2 is 1.78 bits per heavy atom. The first-order valence-corrected chi connectivity index (χ1v) is 7.79. The number of rotatable bonds is 10. The Balaban J connectivity index is 3.85. The zero-order chi connectivity index (χ0) is 17.9. The number of ether oxygens (including phenoxy) is 2. The molecule has 1 unspecified atom stereocenters. The first-order valence-electron chi connectivity index (χ1n) is 7.79. The van der Waals surface area contributed by atoms with Crippen LogP contribution in [0.25, 0.3) is 0 Å². The maximum atomic E-state index is 12.1. The Kier molecular flexibility index (Phi) is 10.2. The summed E-state index contributed by atoms with van der Waals surface area (Å²) in [6.45, 7) is 6.50. The Labute approximate surface area is 136 Å². The molecule has 0 aromatic rings. The van der Waals surface area contributed by atoms with E-state index in [0.29, 0.717) is 26.0 Å². The van der Waals surface area contributed by atoms with Crippen molar-refractivity contribution in [2.75, 3.05) is 26.8 Å². The van der Waals surface area contributed by atoms with Crippen LogP contribution in [0, 0.1) is 0 Å². The molecule has 8 heteroatoms. The van der Waals surface area contributed by atoms with E-state index in [1.165, 1.54) is 0 Å². The van der Waals surface area contributed by atoms with E-state index in [4.69, 9.17) is 9.47 Å². The summed E-state index contributed by atoms with van der Waals surface area (Å²) in [7, 11) is 1.54. The molecular weight excluding hydrogens is 313 g/mol. The van der Waals surface area contributed by atoms with Gasteiger partial charge in [-0.15, -0.1) is 0 Å². The summed E-state index contributed by atoms with van der Waals surface area (Å²) >= 11 is 0. The van der Waals surface area contributed by atoms with Gasteiger partial charge in [-0.25, -0.2) is 4.79 Å². The smallest absolute Gasteiger partial charge is 0.407 e. The molecule has 138 valence electrons. The quantitative estimate of drug-likeness (QED) is 0.599. The molecule has 0 heterocycles. The van der Waals surface area contributed by atoms with Crippen LogP contribution in [0.4, 0.5) is 18.0 Å². The third kappa shape index (κ3) is 15.6. The van der Waals surface area contributed by atoms with Crippen LogP contribution in [0.1, 0.15) is 46.5 Å². The number of hydrogen-bond donors (Lipinski definition) is 2. The molecule has 0 aromatic heterocycles. The van der Waals surface area contributed by atoms with Crippen molar-refractivity contribution in [1.82, 2.24) is 10.6 Å². The minimum Gasteiger partial charge on any atom is -0.444 e. The van der Waals surface area contributed by atoms with E-state index in [1.807, 2.05) is 0 Å². The van der Waals surface area contributed by atoms with Crippen LogP contribution < -0.4 is 10.6 Å². The van der Waals surface area contributed by atoms with Crippen molar-refractivity contribution in [2.45, 2.75) is 64.3 Å². The van der Waals surface area contributed by atoms with Crippen molar-refractivity contribution in [3.8, 4) is 0 Å². The fraction of sp³-hybridized carbons (Fsp3) is 0.933. The molecule has 1 atom stereocenters. The number of alkyl halides is 3. The Morgan fingerprint density at radius 1 is 1.13 bits per heavy atom. The fourth-order valence-electron chi connectivity index (χ4n) is 1.89. The van der Waals surface area contributed by atoms with Crippen molar-refractivity contribution in [3.63, 3.8) is 0 Å². The summed E-state index contributed by atoms with van der Waals surface area (Å²) in [5.41, 5.74) is -0.539. The van der Waals surface area contributed by atoms with Gasteiger partial charge in [-0.3, -0.25) is 0 Å². The van der Waals surface area contributed by atoms with Gasteiger partial charge in [0.25, 0.3) is 0 Å². The van der Waals surface area contributed by atoms with Gasteiger partial charge in [0, 0.05) is 26.1 Å². The van der Waals surface area contributed by atoms with Gasteiger partial charge in [-0.05, 0) is 46.6 Å². The largest absolute Gasteiger partial charge is 0.444 e. The van der Waals surface area contributed by atoms with E-state index >= 15 is 0 Å². The number of carbonyl (C=O) groups excluding carboxylic acids is 1. The highest BCUT2D eigenvalue weighted by atomic mass is 19.4. The van der Waals surface area contributed by atoms with Gasteiger partial charge in [0.2, 0.25) is 0 Å². The lowest BCUT2D eigenvalue weighted by atomic mass is 10.1. The molecule has 23 heavy (non-hydrogen) atoms. The summed E-state index contributed by atoms with van der Waals surface area (Å²) in [5, 5.41) is 5.70. The zero-order valence-electron chi connectivity index (χ0n) is 14.4. The number of carbonyl (C=O) groups is 1. The van der Waals surface area contributed by atoms with Gasteiger partial charge < -0.3 is 20.1 Å². The predicted molar refractivity (Wildman–Crippen MR) is 82.4 cm³/mol. The number of hydrogen-bond acceptors (Lipinski definition) is 4. The van der Waals surface area contributed by atoms with Crippen molar-refractivity contribution < 1.29 is 27.4 Å². The molecule has 0 aliphatic carbocycles. The van der Waals surface area contributed by atoms with E-state index in [9.17, 15) is 18.0 Å². The molecule has 0 bridgehead atoms. The minimum atomic E-state index is -4.12. The first-order chi connectivity index (χ1) is 10.5. The van der Waals surface area contributed by atoms with Crippen LogP contribution in [0.2, 0.25) is 0 Å². The summed E-state index contributed by atoms with van der Waals surface area (Å²) in [6, 6.07) is -0.0336. The molecule has 0 rings (SSSR count). The van der Waals surface area contributed by atoms with Crippen LogP contribution in [-0.4, -0.2) is 50.7 Å². The number of methoxy groups -OCH3 is 1. The number of halogens is 3. The Bertz CT molecular complexity index is 331. The molecular formula is C15H29F3N2O3. The molecule has 0 saturated heterocycles. The SMILES string of the molecule is COCC(CCCNC(=O)OC(C)(C)C)NCCCC(F)(F)F. The molecule has 0 radical (unpaired) electrons. The van der Waals surface area contributed by atoms with Crippen molar-refractivity contribution in [3.05, 3.63) is 0 Å². The lowest BCUT2D eigenvalue weighted by molar-refractivity contribution is -0.135. The van der Waals surface area contributed by atoms with E-state index < -0.39 is 24.3 Å². The van der Waals surface area contributed by atoms with Crippen LogP contribution in [0.15, 0.2) is 0 Å². The van der Waals surface area contributed by atoms with Gasteiger partial charge in [0.05, 0.1) is 6.61 Å². The maximum absolute atomic E-state index is 12.1. The van der Waals surface area contributed by atoms with E-state index in [2.05, 4.69) is 10.6 Å². The van der Waals surface area contributed by atoms with Gasteiger partial charge in [-0.1, -0.05) is 0 Å². The van der Waals surface area contributed by atoms with Crippen molar-refractivity contribution in [2.24, 2.45) is 0 Å². The van der Waals surface area contributed by atoms with Crippen molar-refractivity contribution in [1.29, 1.82) is 0 Å². The third-order valence-corrected chi connectivity index (χ3v) is 2.84. The van der Waals surface area contributed by atoms with Gasteiger partial charge in [0.1, 0.15) is 5.60 Å². The van der Waals surface area contributed by atoms with Crippen LogP contribution in [0.3, 0.4) is 0 Å². The zero-order valence-corrected chi connectivity index (χ0v) is 14.4. The highest BCUT2D eigenvalue weighted by Gasteiger charge is 2.26. The average Bonchev–Trinajstić information content (AvgIpc) is 2.36. The molecule has 0 aromatic carbocycles. The van der Waals surface area contributed by atoms with E-state index in [-0.39, 0.29) is 19.0 Å². The molecule has 0 spiro atoms. The first kappa shape index (κ1) is 22.0. The predicted octanol–water partition coefficient (Wildman–Crippen LogP) is 3.24. The maximum Gasteiger partial charge on any atom is 0.407 e. The van der Waals surface area contributed by atoms with Gasteiger partial charge >= 0.3 is 12.3 Å². The summed E-state index contributed by atoms with van der Waals surface area (Å²) in [6.07, 6.45) is -3.97. The normalized spacial score (nSPS) is 13.7. The van der Waals surface area contributed by atoms with Crippen molar-refractivity contribution >= 4 is 6.09 Å². The lowest BCUT2D eigenvalue weighted by Crippen LogP contribution is -2.36. The molecule has 5 nitrogen and oxygen atoms in total. The van der Waals surface area contributed by atoms with Gasteiger partial charge in [0.15, 0.2) is 0 Å². The number of amides is 1. The number of nitrogens with one attached hydrogen (secondary N) is 2. The minimum absolute atomic E-state index is 0.0336. The van der Waals surface area contributed by atoms with E-state index in [1.54, 1.807) is 27.9 Å². The molecule has 0 fully saturated rings. The second-order valence-corrected chi connectivity index (χ2v) is 6.40. The average molecular weight is 342 g/mol.